The number of benzene rings is 2. The summed E-state index contributed by atoms with van der Waals surface area (Å²) in [7, 11) is 0. The highest BCUT2D eigenvalue weighted by atomic mass is 32.1. The summed E-state index contributed by atoms with van der Waals surface area (Å²) < 4.78 is 5.82. The fourth-order valence-electron chi connectivity index (χ4n) is 2.37. The maximum atomic E-state index is 12.3. The standard InChI is InChI=1S/C20H19NO2S/c1-14-6-5-8-17(10-14)21-20(22)19-11-16(13-24-19)12-23-18-9-4-3-7-15(18)2/h3-11,13H,12H2,1-2H3,(H,21,22). The number of carbonyl (C=O) groups is 1. The second-order valence-corrected chi connectivity index (χ2v) is 6.61. The number of nitrogens with one attached hydrogen (secondary N) is 1. The molecule has 0 aliphatic heterocycles. The first-order valence-corrected chi connectivity index (χ1v) is 8.63. The van der Waals surface area contributed by atoms with Crippen molar-refractivity contribution in [2.75, 3.05) is 5.32 Å². The van der Waals surface area contributed by atoms with Crippen LogP contribution in [0.3, 0.4) is 0 Å². The molecule has 3 nitrogen and oxygen atoms in total. The van der Waals surface area contributed by atoms with E-state index in [1.54, 1.807) is 0 Å². The van der Waals surface area contributed by atoms with Gasteiger partial charge in [-0.05, 0) is 54.6 Å². The number of amides is 1. The van der Waals surface area contributed by atoms with Crippen molar-refractivity contribution in [2.45, 2.75) is 20.5 Å². The predicted octanol–water partition coefficient (Wildman–Crippen LogP) is 5.20. The van der Waals surface area contributed by atoms with Gasteiger partial charge >= 0.3 is 0 Å². The Kier molecular flexibility index (Phi) is 4.96. The minimum atomic E-state index is -0.0901. The highest BCUT2D eigenvalue weighted by Gasteiger charge is 2.10. The van der Waals surface area contributed by atoms with Gasteiger partial charge in [0.15, 0.2) is 0 Å². The summed E-state index contributed by atoms with van der Waals surface area (Å²) in [5.74, 6) is 0.780. The summed E-state index contributed by atoms with van der Waals surface area (Å²) in [6, 6.07) is 17.6. The van der Waals surface area contributed by atoms with E-state index < -0.39 is 0 Å². The second kappa shape index (κ2) is 7.32. The zero-order valence-electron chi connectivity index (χ0n) is 13.7. The third-order valence-electron chi connectivity index (χ3n) is 3.64. The molecule has 0 bridgehead atoms. The van der Waals surface area contributed by atoms with E-state index in [0.29, 0.717) is 11.5 Å². The van der Waals surface area contributed by atoms with Crippen LogP contribution in [0.15, 0.2) is 60.0 Å². The Morgan fingerprint density at radius 2 is 1.92 bits per heavy atom. The first kappa shape index (κ1) is 16.3. The molecule has 0 fully saturated rings. The van der Waals surface area contributed by atoms with Crippen LogP contribution in [-0.4, -0.2) is 5.91 Å². The molecule has 0 saturated carbocycles. The molecule has 0 aliphatic rings. The molecule has 0 saturated heterocycles. The van der Waals surface area contributed by atoms with E-state index in [9.17, 15) is 4.79 Å². The molecule has 1 aromatic heterocycles. The molecule has 24 heavy (non-hydrogen) atoms. The number of ether oxygens (including phenoxy) is 1. The van der Waals surface area contributed by atoms with Gasteiger partial charge in [0.2, 0.25) is 0 Å². The fraction of sp³-hybridized carbons (Fsp3) is 0.150. The Bertz CT molecular complexity index is 854. The number of thiophene rings is 1. The summed E-state index contributed by atoms with van der Waals surface area (Å²) in [6.07, 6.45) is 0. The maximum Gasteiger partial charge on any atom is 0.265 e. The SMILES string of the molecule is Cc1cccc(NC(=O)c2cc(COc3ccccc3C)cs2)c1. The average Bonchev–Trinajstić information content (AvgIpc) is 3.03. The monoisotopic (exact) mass is 337 g/mol. The molecule has 0 atom stereocenters. The van der Waals surface area contributed by atoms with E-state index in [-0.39, 0.29) is 5.91 Å². The summed E-state index contributed by atoms with van der Waals surface area (Å²) in [6.45, 7) is 4.48. The van der Waals surface area contributed by atoms with Gasteiger partial charge in [0, 0.05) is 11.3 Å². The van der Waals surface area contributed by atoms with Crippen molar-refractivity contribution in [3.63, 3.8) is 0 Å². The van der Waals surface area contributed by atoms with Gasteiger partial charge in [0.1, 0.15) is 12.4 Å². The van der Waals surface area contributed by atoms with Gasteiger partial charge in [-0.1, -0.05) is 30.3 Å². The Morgan fingerprint density at radius 1 is 1.08 bits per heavy atom. The summed E-state index contributed by atoms with van der Waals surface area (Å²) in [5.41, 5.74) is 4.03. The largest absolute Gasteiger partial charge is 0.489 e. The number of aryl methyl sites for hydroxylation is 2. The van der Waals surface area contributed by atoms with E-state index in [4.69, 9.17) is 4.74 Å². The van der Waals surface area contributed by atoms with E-state index in [1.165, 1.54) is 11.3 Å². The van der Waals surface area contributed by atoms with E-state index in [0.717, 1.165) is 28.1 Å². The lowest BCUT2D eigenvalue weighted by atomic mass is 10.2. The van der Waals surface area contributed by atoms with Gasteiger partial charge in [-0.15, -0.1) is 11.3 Å². The third-order valence-corrected chi connectivity index (χ3v) is 4.62. The molecule has 0 unspecified atom stereocenters. The van der Waals surface area contributed by atoms with E-state index >= 15 is 0 Å². The number of anilines is 1. The Balaban J connectivity index is 1.62. The first-order valence-electron chi connectivity index (χ1n) is 7.76. The second-order valence-electron chi connectivity index (χ2n) is 5.70. The molecule has 3 aromatic rings. The minimum absolute atomic E-state index is 0.0901. The molecule has 4 heteroatoms. The molecule has 3 rings (SSSR count). The molecule has 1 heterocycles. The van der Waals surface area contributed by atoms with Crippen molar-refractivity contribution in [3.05, 3.63) is 81.5 Å². The van der Waals surface area contributed by atoms with Crippen LogP contribution in [0.25, 0.3) is 0 Å². The summed E-state index contributed by atoms with van der Waals surface area (Å²) in [5, 5.41) is 4.89. The van der Waals surface area contributed by atoms with Crippen LogP contribution in [0.5, 0.6) is 5.75 Å². The Hall–Kier alpha value is -2.59. The van der Waals surface area contributed by atoms with Gasteiger partial charge in [0.05, 0.1) is 4.88 Å². The molecular formula is C20H19NO2S. The molecule has 1 N–H and O–H groups in total. The quantitative estimate of drug-likeness (QED) is 0.695. The van der Waals surface area contributed by atoms with Crippen LogP contribution < -0.4 is 10.1 Å². The Morgan fingerprint density at radius 3 is 2.71 bits per heavy atom. The minimum Gasteiger partial charge on any atom is -0.489 e. The highest BCUT2D eigenvalue weighted by Crippen LogP contribution is 2.21. The summed E-state index contributed by atoms with van der Waals surface area (Å²) in [4.78, 5) is 13.0. The number of hydrogen-bond acceptors (Lipinski definition) is 3. The fourth-order valence-corrected chi connectivity index (χ4v) is 3.16. The van der Waals surface area contributed by atoms with Crippen LogP contribution in [0.1, 0.15) is 26.4 Å². The number of para-hydroxylation sites is 1. The van der Waals surface area contributed by atoms with E-state index in [2.05, 4.69) is 5.32 Å². The number of hydrogen-bond donors (Lipinski definition) is 1. The molecule has 0 aliphatic carbocycles. The number of carbonyl (C=O) groups excluding carboxylic acids is 1. The third kappa shape index (κ3) is 4.03. The zero-order valence-corrected chi connectivity index (χ0v) is 14.5. The lowest BCUT2D eigenvalue weighted by Crippen LogP contribution is -2.10. The van der Waals surface area contributed by atoms with Gasteiger partial charge in [0.25, 0.3) is 5.91 Å². The first-order chi connectivity index (χ1) is 11.6. The molecule has 0 radical (unpaired) electrons. The van der Waals surface area contributed by atoms with Crippen LogP contribution in [0.4, 0.5) is 5.69 Å². The highest BCUT2D eigenvalue weighted by molar-refractivity contribution is 7.12. The molecule has 1 amide bonds. The number of rotatable bonds is 5. The zero-order chi connectivity index (χ0) is 16.9. The normalized spacial score (nSPS) is 10.4. The van der Waals surface area contributed by atoms with Gasteiger partial charge in [-0.25, -0.2) is 0 Å². The van der Waals surface area contributed by atoms with Gasteiger partial charge in [-0.2, -0.15) is 0 Å². The lowest BCUT2D eigenvalue weighted by Gasteiger charge is -2.07. The van der Waals surface area contributed by atoms with Crippen molar-refractivity contribution in [1.29, 1.82) is 0 Å². The smallest absolute Gasteiger partial charge is 0.265 e. The average molecular weight is 337 g/mol. The molecular weight excluding hydrogens is 318 g/mol. The van der Waals surface area contributed by atoms with Crippen LogP contribution in [0.2, 0.25) is 0 Å². The maximum absolute atomic E-state index is 12.3. The van der Waals surface area contributed by atoms with Crippen molar-refractivity contribution in [1.82, 2.24) is 0 Å². The van der Waals surface area contributed by atoms with Crippen LogP contribution in [-0.2, 0) is 6.61 Å². The molecule has 122 valence electrons. The van der Waals surface area contributed by atoms with Crippen LogP contribution >= 0.6 is 11.3 Å². The topological polar surface area (TPSA) is 38.3 Å². The van der Waals surface area contributed by atoms with E-state index in [1.807, 2.05) is 73.8 Å². The van der Waals surface area contributed by atoms with Gasteiger partial charge in [-0.3, -0.25) is 4.79 Å². The van der Waals surface area contributed by atoms with Crippen molar-refractivity contribution < 1.29 is 9.53 Å². The van der Waals surface area contributed by atoms with Crippen molar-refractivity contribution >= 4 is 22.9 Å². The summed E-state index contributed by atoms with van der Waals surface area (Å²) >= 11 is 1.43. The lowest BCUT2D eigenvalue weighted by molar-refractivity contribution is 0.103. The van der Waals surface area contributed by atoms with Crippen molar-refractivity contribution in [2.24, 2.45) is 0 Å². The molecule has 0 spiro atoms. The Labute approximate surface area is 145 Å². The van der Waals surface area contributed by atoms with Gasteiger partial charge < -0.3 is 10.1 Å². The van der Waals surface area contributed by atoms with Crippen molar-refractivity contribution in [3.8, 4) is 5.75 Å². The molecule has 2 aromatic carbocycles. The van der Waals surface area contributed by atoms with Crippen LogP contribution in [0, 0.1) is 13.8 Å². The predicted molar refractivity (Wildman–Crippen MR) is 99.0 cm³/mol.